The number of hydrogen-bond acceptors (Lipinski definition) is 1. The van der Waals surface area contributed by atoms with Gasteiger partial charge in [0.2, 0.25) is 0 Å². The molecule has 0 atom stereocenters. The maximum Gasteiger partial charge on any atom is 0.0367 e. The highest BCUT2D eigenvalue weighted by Gasteiger charge is 2.04. The molecule has 1 heterocycles. The molecule has 1 heteroatoms. The summed E-state index contributed by atoms with van der Waals surface area (Å²) in [6.07, 6.45) is 8.58. The first-order valence-corrected chi connectivity index (χ1v) is 8.01. The Morgan fingerprint density at radius 2 is 1.81 bits per heavy atom. The van der Waals surface area contributed by atoms with Gasteiger partial charge in [-0.05, 0) is 31.0 Å². The number of rotatable bonds is 0. The molecule has 0 fully saturated rings. The second-order valence-corrected chi connectivity index (χ2v) is 6.30. The van der Waals surface area contributed by atoms with Crippen molar-refractivity contribution in [1.29, 1.82) is 0 Å². The predicted octanol–water partition coefficient (Wildman–Crippen LogP) is 5.68. The minimum atomic E-state index is 1.06. The third-order valence-corrected chi connectivity index (χ3v) is 4.89. The van der Waals surface area contributed by atoms with Crippen LogP contribution in [0.2, 0.25) is 0 Å². The molecule has 0 nitrogen and oxygen atoms in total. The fraction of sp³-hybridized carbons (Fsp3) is 0.100. The molecule has 4 rings (SSSR count). The van der Waals surface area contributed by atoms with Gasteiger partial charge in [-0.2, -0.15) is 0 Å². The SMILES string of the molecule is C(#Cc1ccc2c(c1)sc1ccccc12)C1=CC=CCC1. The highest BCUT2D eigenvalue weighted by molar-refractivity contribution is 7.25. The first kappa shape index (κ1) is 12.4. The lowest BCUT2D eigenvalue weighted by Gasteiger charge is -1.99. The van der Waals surface area contributed by atoms with E-state index in [1.807, 2.05) is 11.3 Å². The van der Waals surface area contributed by atoms with Gasteiger partial charge in [-0.25, -0.2) is 0 Å². The van der Waals surface area contributed by atoms with Crippen molar-refractivity contribution >= 4 is 31.5 Å². The molecule has 0 amide bonds. The third kappa shape index (κ3) is 2.39. The molecule has 2 aromatic carbocycles. The van der Waals surface area contributed by atoms with Gasteiger partial charge < -0.3 is 0 Å². The van der Waals surface area contributed by atoms with Crippen LogP contribution in [-0.2, 0) is 0 Å². The van der Waals surface area contributed by atoms with E-state index in [0.29, 0.717) is 0 Å². The summed E-state index contributed by atoms with van der Waals surface area (Å²) >= 11 is 1.84. The summed E-state index contributed by atoms with van der Waals surface area (Å²) in [5.41, 5.74) is 2.33. The molecule has 3 aromatic rings. The van der Waals surface area contributed by atoms with Crippen LogP contribution in [0, 0.1) is 11.8 Å². The van der Waals surface area contributed by atoms with Crippen LogP contribution in [0.3, 0.4) is 0 Å². The van der Waals surface area contributed by atoms with Crippen LogP contribution in [0.1, 0.15) is 18.4 Å². The van der Waals surface area contributed by atoms with Gasteiger partial charge in [-0.15, -0.1) is 11.3 Å². The first-order valence-electron chi connectivity index (χ1n) is 7.19. The van der Waals surface area contributed by atoms with Gasteiger partial charge in [-0.1, -0.05) is 54.3 Å². The molecular formula is C20H14S. The Kier molecular flexibility index (Phi) is 3.10. The van der Waals surface area contributed by atoms with Crippen molar-refractivity contribution in [3.63, 3.8) is 0 Å². The Morgan fingerprint density at radius 3 is 2.71 bits per heavy atom. The first-order chi connectivity index (χ1) is 10.4. The lowest BCUT2D eigenvalue weighted by molar-refractivity contribution is 1.000. The summed E-state index contributed by atoms with van der Waals surface area (Å²) in [4.78, 5) is 0. The summed E-state index contributed by atoms with van der Waals surface area (Å²) in [5, 5.41) is 2.68. The van der Waals surface area contributed by atoms with Gasteiger partial charge in [0.05, 0.1) is 0 Å². The minimum absolute atomic E-state index is 1.06. The van der Waals surface area contributed by atoms with Crippen molar-refractivity contribution in [1.82, 2.24) is 0 Å². The Morgan fingerprint density at radius 1 is 0.905 bits per heavy atom. The molecule has 0 bridgehead atoms. The van der Waals surface area contributed by atoms with Crippen molar-refractivity contribution in [3.05, 3.63) is 71.8 Å². The number of hydrogen-bond donors (Lipinski definition) is 0. The van der Waals surface area contributed by atoms with Crippen molar-refractivity contribution in [2.75, 3.05) is 0 Å². The molecule has 1 aliphatic carbocycles. The summed E-state index contributed by atoms with van der Waals surface area (Å²) < 4.78 is 2.67. The molecular weight excluding hydrogens is 272 g/mol. The number of allylic oxidation sites excluding steroid dienone is 4. The Balaban J connectivity index is 1.77. The molecule has 1 aromatic heterocycles. The molecule has 0 N–H and O–H groups in total. The zero-order chi connectivity index (χ0) is 14.1. The molecule has 1 aliphatic rings. The predicted molar refractivity (Wildman–Crippen MR) is 92.7 cm³/mol. The number of benzene rings is 2. The Hall–Kier alpha value is -2.30. The van der Waals surface area contributed by atoms with Crippen molar-refractivity contribution in [3.8, 4) is 11.8 Å². The molecule has 0 saturated carbocycles. The van der Waals surface area contributed by atoms with E-state index in [1.165, 1.54) is 25.7 Å². The van der Waals surface area contributed by atoms with E-state index in [4.69, 9.17) is 0 Å². The van der Waals surface area contributed by atoms with E-state index in [2.05, 4.69) is 72.5 Å². The van der Waals surface area contributed by atoms with E-state index >= 15 is 0 Å². The molecule has 0 unspecified atom stereocenters. The van der Waals surface area contributed by atoms with Gasteiger partial charge >= 0.3 is 0 Å². The van der Waals surface area contributed by atoms with Crippen LogP contribution in [0.15, 0.2) is 66.3 Å². The third-order valence-electron chi connectivity index (χ3n) is 3.76. The molecule has 21 heavy (non-hydrogen) atoms. The van der Waals surface area contributed by atoms with Crippen LogP contribution in [-0.4, -0.2) is 0 Å². The fourth-order valence-corrected chi connectivity index (χ4v) is 3.81. The summed E-state index contributed by atoms with van der Waals surface area (Å²) in [7, 11) is 0. The standard InChI is InChI=1S/C20H14S/c1-2-6-15(7-3-1)10-11-16-12-13-18-17-8-4-5-9-19(17)21-20(18)14-16/h1-2,4-6,8-9,12-14H,3,7H2. The van der Waals surface area contributed by atoms with E-state index in [0.717, 1.165) is 18.4 Å². The number of thiophene rings is 1. The van der Waals surface area contributed by atoms with Crippen LogP contribution in [0.5, 0.6) is 0 Å². The van der Waals surface area contributed by atoms with Gasteiger partial charge in [-0.3, -0.25) is 0 Å². The lowest BCUT2D eigenvalue weighted by Crippen LogP contribution is -1.83. The van der Waals surface area contributed by atoms with Gasteiger partial charge in [0.15, 0.2) is 0 Å². The Labute approximate surface area is 128 Å². The summed E-state index contributed by atoms with van der Waals surface area (Å²) in [5.74, 6) is 6.61. The normalized spacial score (nSPS) is 14.0. The molecule has 0 spiro atoms. The van der Waals surface area contributed by atoms with Gasteiger partial charge in [0.25, 0.3) is 0 Å². The summed E-state index contributed by atoms with van der Waals surface area (Å²) in [6, 6.07) is 15.1. The molecule has 0 radical (unpaired) electrons. The zero-order valence-electron chi connectivity index (χ0n) is 11.6. The van der Waals surface area contributed by atoms with Crippen molar-refractivity contribution in [2.24, 2.45) is 0 Å². The monoisotopic (exact) mass is 286 g/mol. The Bertz CT molecular complexity index is 942. The lowest BCUT2D eigenvalue weighted by atomic mass is 10.0. The largest absolute Gasteiger partial charge is 0.135 e. The van der Waals surface area contributed by atoms with Crippen LogP contribution < -0.4 is 0 Å². The molecule has 0 saturated heterocycles. The highest BCUT2D eigenvalue weighted by Crippen LogP contribution is 2.33. The van der Waals surface area contributed by atoms with E-state index < -0.39 is 0 Å². The smallest absolute Gasteiger partial charge is 0.0367 e. The molecule has 100 valence electrons. The fourth-order valence-electron chi connectivity index (χ4n) is 2.66. The minimum Gasteiger partial charge on any atom is -0.135 e. The van der Waals surface area contributed by atoms with Crippen molar-refractivity contribution in [2.45, 2.75) is 12.8 Å². The topological polar surface area (TPSA) is 0 Å². The van der Waals surface area contributed by atoms with Gasteiger partial charge in [0, 0.05) is 31.3 Å². The average Bonchev–Trinajstić information content (AvgIpc) is 2.91. The molecule has 0 aliphatic heterocycles. The highest BCUT2D eigenvalue weighted by atomic mass is 32.1. The van der Waals surface area contributed by atoms with E-state index in [-0.39, 0.29) is 0 Å². The number of fused-ring (bicyclic) bond motifs is 3. The quantitative estimate of drug-likeness (QED) is 0.466. The van der Waals surface area contributed by atoms with Crippen LogP contribution >= 0.6 is 11.3 Å². The van der Waals surface area contributed by atoms with Crippen LogP contribution in [0.25, 0.3) is 20.2 Å². The van der Waals surface area contributed by atoms with E-state index in [1.54, 1.807) is 0 Å². The zero-order valence-corrected chi connectivity index (χ0v) is 12.4. The second-order valence-electron chi connectivity index (χ2n) is 5.22. The second kappa shape index (κ2) is 5.24. The van der Waals surface area contributed by atoms with Crippen molar-refractivity contribution < 1.29 is 0 Å². The van der Waals surface area contributed by atoms with E-state index in [9.17, 15) is 0 Å². The summed E-state index contributed by atoms with van der Waals surface area (Å²) in [6.45, 7) is 0. The maximum absolute atomic E-state index is 3.31. The van der Waals surface area contributed by atoms with Gasteiger partial charge in [0.1, 0.15) is 0 Å². The maximum atomic E-state index is 3.31. The average molecular weight is 286 g/mol. The van der Waals surface area contributed by atoms with Crippen LogP contribution in [0.4, 0.5) is 0 Å².